The number of hydrogen-bond acceptors (Lipinski definition) is 5. The van der Waals surface area contributed by atoms with Crippen LogP contribution in [0, 0.1) is 20.8 Å². The van der Waals surface area contributed by atoms with Gasteiger partial charge in [0.15, 0.2) is 0 Å². The van der Waals surface area contributed by atoms with Crippen LogP contribution >= 0.6 is 11.5 Å². The van der Waals surface area contributed by atoms with Crippen LogP contribution in [0.5, 0.6) is 0 Å². The number of nitrogens with one attached hydrogen (secondary N) is 1. The maximum Gasteiger partial charge on any atom is 0.340 e. The summed E-state index contributed by atoms with van der Waals surface area (Å²) < 4.78 is 5.71. The molecule has 8 heteroatoms. The number of carboxylic acid groups (broad SMARTS) is 1. The standard InChI is InChI=1S/C13H16N4O3S/c1-7-6-8(2)17(15-7)5-4-10(18)14-12-11(13(19)20)9(3)16-21-12/h6H,4-5H2,1-3H3,(H,14,18)(H,19,20). The van der Waals surface area contributed by atoms with Crippen LogP contribution < -0.4 is 5.32 Å². The van der Waals surface area contributed by atoms with Crippen LogP contribution in [0.4, 0.5) is 5.00 Å². The normalized spacial score (nSPS) is 10.6. The lowest BCUT2D eigenvalue weighted by Gasteiger charge is -2.05. The minimum absolute atomic E-state index is 0.0551. The number of carboxylic acids is 1. The molecule has 0 atom stereocenters. The molecule has 1 amide bonds. The Kier molecular flexibility index (Phi) is 4.37. The number of amides is 1. The molecule has 112 valence electrons. The van der Waals surface area contributed by atoms with Crippen LogP contribution in [0.2, 0.25) is 0 Å². The highest BCUT2D eigenvalue weighted by Gasteiger charge is 2.19. The predicted octanol–water partition coefficient (Wildman–Crippen LogP) is 1.99. The van der Waals surface area contributed by atoms with Crippen molar-refractivity contribution in [2.75, 3.05) is 5.32 Å². The van der Waals surface area contributed by atoms with E-state index in [4.69, 9.17) is 5.11 Å². The Balaban J connectivity index is 1.99. The maximum absolute atomic E-state index is 11.9. The molecule has 2 heterocycles. The van der Waals surface area contributed by atoms with E-state index in [1.807, 2.05) is 19.9 Å². The summed E-state index contributed by atoms with van der Waals surface area (Å²) in [5.41, 5.74) is 2.35. The number of anilines is 1. The topological polar surface area (TPSA) is 97.1 Å². The van der Waals surface area contributed by atoms with Gasteiger partial charge in [-0.25, -0.2) is 4.79 Å². The van der Waals surface area contributed by atoms with Crippen LogP contribution in [-0.4, -0.2) is 31.1 Å². The average Bonchev–Trinajstić information content (AvgIpc) is 2.90. The molecule has 0 aromatic carbocycles. The second-order valence-electron chi connectivity index (χ2n) is 4.73. The number of aryl methyl sites for hydroxylation is 4. The van der Waals surface area contributed by atoms with Crippen LogP contribution in [0.15, 0.2) is 6.07 Å². The van der Waals surface area contributed by atoms with Crippen molar-refractivity contribution in [1.82, 2.24) is 14.2 Å². The molecule has 0 bridgehead atoms. The summed E-state index contributed by atoms with van der Waals surface area (Å²) in [5.74, 6) is -1.34. The van der Waals surface area contributed by atoms with E-state index in [2.05, 4.69) is 14.8 Å². The SMILES string of the molecule is Cc1cc(C)n(CCC(=O)Nc2snc(C)c2C(=O)O)n1. The fourth-order valence-electron chi connectivity index (χ4n) is 2.00. The maximum atomic E-state index is 11.9. The summed E-state index contributed by atoms with van der Waals surface area (Å²) in [6.07, 6.45) is 0.220. The number of nitrogens with zero attached hydrogens (tertiary/aromatic N) is 3. The Bertz CT molecular complexity index is 690. The minimum atomic E-state index is -1.09. The molecule has 2 N–H and O–H groups in total. The summed E-state index contributed by atoms with van der Waals surface area (Å²) >= 11 is 0.977. The van der Waals surface area contributed by atoms with Gasteiger partial charge in [0.2, 0.25) is 5.91 Å². The lowest BCUT2D eigenvalue weighted by atomic mass is 10.2. The molecule has 7 nitrogen and oxygen atoms in total. The largest absolute Gasteiger partial charge is 0.478 e. The molecule has 0 aliphatic rings. The highest BCUT2D eigenvalue weighted by Crippen LogP contribution is 2.24. The average molecular weight is 308 g/mol. The molecule has 21 heavy (non-hydrogen) atoms. The van der Waals surface area contributed by atoms with Gasteiger partial charge in [0.05, 0.1) is 11.4 Å². The zero-order valence-electron chi connectivity index (χ0n) is 12.0. The third-order valence-electron chi connectivity index (χ3n) is 2.98. The zero-order valence-corrected chi connectivity index (χ0v) is 12.8. The van der Waals surface area contributed by atoms with E-state index in [0.717, 1.165) is 22.9 Å². The number of aromatic carboxylic acids is 1. The molecule has 0 radical (unpaired) electrons. The second kappa shape index (κ2) is 6.04. The molecular formula is C13H16N4O3S. The monoisotopic (exact) mass is 308 g/mol. The summed E-state index contributed by atoms with van der Waals surface area (Å²) in [6, 6.07) is 1.94. The molecule has 0 fully saturated rings. The van der Waals surface area contributed by atoms with Crippen LogP contribution in [0.25, 0.3) is 0 Å². The summed E-state index contributed by atoms with van der Waals surface area (Å²) in [6.45, 7) is 5.87. The molecule has 0 aliphatic carbocycles. The van der Waals surface area contributed by atoms with E-state index < -0.39 is 5.97 Å². The lowest BCUT2D eigenvalue weighted by molar-refractivity contribution is -0.116. The second-order valence-corrected chi connectivity index (χ2v) is 5.50. The Labute approximate surface area is 125 Å². The van der Waals surface area contributed by atoms with E-state index in [1.165, 1.54) is 0 Å². The van der Waals surface area contributed by atoms with Crippen molar-refractivity contribution in [1.29, 1.82) is 0 Å². The van der Waals surface area contributed by atoms with Gasteiger partial charge in [0, 0.05) is 18.7 Å². The predicted molar refractivity (Wildman–Crippen MR) is 78.8 cm³/mol. The molecule has 2 aromatic rings. The first-order chi connectivity index (χ1) is 9.88. The van der Waals surface area contributed by atoms with Gasteiger partial charge in [-0.3, -0.25) is 9.48 Å². The van der Waals surface area contributed by atoms with Crippen LogP contribution in [0.3, 0.4) is 0 Å². The first-order valence-electron chi connectivity index (χ1n) is 6.39. The van der Waals surface area contributed by atoms with Gasteiger partial charge in [0.1, 0.15) is 10.6 Å². The Morgan fingerprint density at radius 2 is 2.10 bits per heavy atom. The van der Waals surface area contributed by atoms with Crippen LogP contribution in [0.1, 0.15) is 33.9 Å². The van der Waals surface area contributed by atoms with Crippen LogP contribution in [-0.2, 0) is 11.3 Å². The van der Waals surface area contributed by atoms with Crippen molar-refractivity contribution in [2.45, 2.75) is 33.7 Å². The Morgan fingerprint density at radius 1 is 1.38 bits per heavy atom. The van der Waals surface area contributed by atoms with Crippen molar-refractivity contribution < 1.29 is 14.7 Å². The van der Waals surface area contributed by atoms with E-state index in [-0.39, 0.29) is 22.9 Å². The first kappa shape index (κ1) is 15.2. The molecular weight excluding hydrogens is 292 g/mol. The van der Waals surface area contributed by atoms with Crippen molar-refractivity contribution >= 4 is 28.4 Å². The Morgan fingerprint density at radius 3 is 2.67 bits per heavy atom. The molecule has 0 saturated heterocycles. The fraction of sp³-hybridized carbons (Fsp3) is 0.385. The number of hydrogen-bond donors (Lipinski definition) is 2. The summed E-state index contributed by atoms with van der Waals surface area (Å²) in [4.78, 5) is 23.0. The summed E-state index contributed by atoms with van der Waals surface area (Å²) in [5, 5.41) is 16.2. The highest BCUT2D eigenvalue weighted by atomic mass is 32.1. The third-order valence-corrected chi connectivity index (χ3v) is 3.84. The zero-order chi connectivity index (χ0) is 15.6. The van der Waals surface area contributed by atoms with E-state index in [0.29, 0.717) is 12.2 Å². The quantitative estimate of drug-likeness (QED) is 0.880. The van der Waals surface area contributed by atoms with Gasteiger partial charge in [0.25, 0.3) is 0 Å². The number of aromatic nitrogens is 3. The lowest BCUT2D eigenvalue weighted by Crippen LogP contribution is -2.16. The molecule has 0 spiro atoms. The number of rotatable bonds is 5. The fourth-order valence-corrected chi connectivity index (χ4v) is 2.81. The highest BCUT2D eigenvalue weighted by molar-refractivity contribution is 7.11. The molecule has 2 aromatic heterocycles. The van der Waals surface area contributed by atoms with Gasteiger partial charge in [-0.1, -0.05) is 0 Å². The molecule has 0 saturated carbocycles. The van der Waals surface area contributed by atoms with Crippen molar-refractivity contribution in [3.05, 3.63) is 28.7 Å². The summed E-state index contributed by atoms with van der Waals surface area (Å²) in [7, 11) is 0. The third kappa shape index (κ3) is 3.46. The van der Waals surface area contributed by atoms with Crippen molar-refractivity contribution in [3.63, 3.8) is 0 Å². The smallest absolute Gasteiger partial charge is 0.340 e. The van der Waals surface area contributed by atoms with E-state index in [9.17, 15) is 9.59 Å². The Hall–Kier alpha value is -2.22. The van der Waals surface area contributed by atoms with Crippen molar-refractivity contribution in [2.24, 2.45) is 0 Å². The van der Waals surface area contributed by atoms with Gasteiger partial charge < -0.3 is 10.4 Å². The van der Waals surface area contributed by atoms with Gasteiger partial charge in [-0.2, -0.15) is 9.47 Å². The van der Waals surface area contributed by atoms with Crippen molar-refractivity contribution in [3.8, 4) is 0 Å². The van der Waals surface area contributed by atoms with Gasteiger partial charge >= 0.3 is 5.97 Å². The molecule has 2 rings (SSSR count). The molecule has 0 unspecified atom stereocenters. The molecule has 0 aliphatic heterocycles. The van der Waals surface area contributed by atoms with E-state index >= 15 is 0 Å². The van der Waals surface area contributed by atoms with E-state index in [1.54, 1.807) is 11.6 Å². The minimum Gasteiger partial charge on any atom is -0.478 e. The number of carbonyl (C=O) groups is 2. The number of carbonyl (C=O) groups excluding carboxylic acids is 1. The van der Waals surface area contributed by atoms with Gasteiger partial charge in [-0.05, 0) is 38.4 Å². The van der Waals surface area contributed by atoms with Gasteiger partial charge in [-0.15, -0.1) is 0 Å². The first-order valence-corrected chi connectivity index (χ1v) is 7.16.